The first-order chi connectivity index (χ1) is 18.0. The van der Waals surface area contributed by atoms with Crippen molar-refractivity contribution >= 4 is 17.0 Å². The Labute approximate surface area is 210 Å². The van der Waals surface area contributed by atoms with E-state index < -0.39 is 24.2 Å². The van der Waals surface area contributed by atoms with Gasteiger partial charge >= 0.3 is 5.97 Å². The van der Waals surface area contributed by atoms with Crippen LogP contribution in [0.5, 0.6) is 11.6 Å². The molecular formula is C28H21F2N3O4. The average Bonchev–Trinajstić information content (AvgIpc) is 3.24. The van der Waals surface area contributed by atoms with Crippen molar-refractivity contribution in [3.8, 4) is 23.0 Å². The van der Waals surface area contributed by atoms with E-state index in [-0.39, 0.29) is 6.61 Å². The monoisotopic (exact) mass is 501 g/mol. The van der Waals surface area contributed by atoms with Crippen molar-refractivity contribution in [2.75, 3.05) is 6.61 Å². The van der Waals surface area contributed by atoms with Crippen LogP contribution in [0.25, 0.3) is 22.4 Å². The predicted octanol–water partition coefficient (Wildman–Crippen LogP) is 5.47. The van der Waals surface area contributed by atoms with Crippen molar-refractivity contribution in [3.05, 3.63) is 108 Å². The number of aliphatic carboxylic acids is 1. The Hall–Kier alpha value is -4.79. The number of carboxylic acid groups (broad SMARTS) is 1. The minimum atomic E-state index is -1.06. The molecule has 37 heavy (non-hydrogen) atoms. The Morgan fingerprint density at radius 3 is 2.41 bits per heavy atom. The summed E-state index contributed by atoms with van der Waals surface area (Å²) in [7, 11) is 0. The highest BCUT2D eigenvalue weighted by Crippen LogP contribution is 2.32. The lowest BCUT2D eigenvalue weighted by atomic mass is 10.2. The van der Waals surface area contributed by atoms with Gasteiger partial charge in [-0.05, 0) is 35.4 Å². The Balaban J connectivity index is 1.47. The van der Waals surface area contributed by atoms with Gasteiger partial charge in [-0.15, -0.1) is 0 Å². The third kappa shape index (κ3) is 5.40. The van der Waals surface area contributed by atoms with Crippen LogP contribution < -0.4 is 9.47 Å². The second-order valence-electron chi connectivity index (χ2n) is 8.23. The van der Waals surface area contributed by atoms with E-state index in [9.17, 15) is 13.6 Å². The van der Waals surface area contributed by atoms with Gasteiger partial charge in [0.15, 0.2) is 18.2 Å². The molecular weight excluding hydrogens is 480 g/mol. The number of hydrogen-bond acceptors (Lipinski definition) is 5. The van der Waals surface area contributed by atoms with Gasteiger partial charge < -0.3 is 19.1 Å². The van der Waals surface area contributed by atoms with E-state index in [1.807, 2.05) is 34.9 Å². The Bertz CT molecular complexity index is 1550. The maximum absolute atomic E-state index is 14.2. The number of benzene rings is 3. The molecule has 9 heteroatoms. The lowest BCUT2D eigenvalue weighted by molar-refractivity contribution is -0.139. The number of aromatic nitrogens is 3. The topological polar surface area (TPSA) is 86.5 Å². The summed E-state index contributed by atoms with van der Waals surface area (Å²) < 4.78 is 41.2. The largest absolute Gasteiger partial charge is 0.482 e. The van der Waals surface area contributed by atoms with Gasteiger partial charge in [0.1, 0.15) is 18.2 Å². The molecule has 0 aliphatic carbocycles. The molecule has 0 saturated carbocycles. The molecule has 3 aromatic carbocycles. The molecule has 0 atom stereocenters. The summed E-state index contributed by atoms with van der Waals surface area (Å²) in [5.41, 5.74) is 3.10. The van der Waals surface area contributed by atoms with Crippen molar-refractivity contribution in [1.82, 2.24) is 14.5 Å². The predicted molar refractivity (Wildman–Crippen MR) is 132 cm³/mol. The van der Waals surface area contributed by atoms with E-state index in [2.05, 4.69) is 9.97 Å². The Morgan fingerprint density at radius 1 is 0.892 bits per heavy atom. The van der Waals surface area contributed by atoms with E-state index in [1.165, 1.54) is 0 Å². The highest BCUT2D eigenvalue weighted by molar-refractivity contribution is 5.82. The number of fused-ring (bicyclic) bond motifs is 1. The third-order valence-electron chi connectivity index (χ3n) is 5.65. The standard InChI is InChI=1S/C28H21F2N3O4/c29-22-13-24-25(14-23(22)30)33(15-18-5-2-1-3-6-18)27(32-24)21-7-4-12-31-28(21)37-16-19-8-10-20(11-9-19)36-17-26(34)35/h1-14H,15-17H2,(H,34,35). The molecule has 1 N–H and O–H groups in total. The average molecular weight is 501 g/mol. The molecule has 0 spiro atoms. The highest BCUT2D eigenvalue weighted by atomic mass is 19.2. The van der Waals surface area contributed by atoms with Gasteiger partial charge in [0, 0.05) is 24.9 Å². The summed E-state index contributed by atoms with van der Waals surface area (Å²) in [5.74, 6) is -1.78. The summed E-state index contributed by atoms with van der Waals surface area (Å²) in [4.78, 5) is 19.7. The first-order valence-corrected chi connectivity index (χ1v) is 11.4. The van der Waals surface area contributed by atoms with Gasteiger partial charge in [-0.3, -0.25) is 0 Å². The van der Waals surface area contributed by atoms with E-state index in [1.54, 1.807) is 42.6 Å². The van der Waals surface area contributed by atoms with Gasteiger partial charge in [0.2, 0.25) is 5.88 Å². The summed E-state index contributed by atoms with van der Waals surface area (Å²) in [6, 6.07) is 22.2. The molecule has 7 nitrogen and oxygen atoms in total. The van der Waals surface area contributed by atoms with Gasteiger partial charge in [-0.1, -0.05) is 42.5 Å². The zero-order chi connectivity index (χ0) is 25.8. The molecule has 0 unspecified atom stereocenters. The fraction of sp³-hybridized carbons (Fsp3) is 0.107. The molecule has 186 valence electrons. The second-order valence-corrected chi connectivity index (χ2v) is 8.23. The maximum Gasteiger partial charge on any atom is 0.341 e. The van der Waals surface area contributed by atoms with Crippen LogP contribution in [0.2, 0.25) is 0 Å². The number of halogens is 2. The lowest BCUT2D eigenvalue weighted by Gasteiger charge is -2.13. The summed E-state index contributed by atoms with van der Waals surface area (Å²) >= 11 is 0. The fourth-order valence-electron chi connectivity index (χ4n) is 3.91. The fourth-order valence-corrected chi connectivity index (χ4v) is 3.91. The minimum absolute atomic E-state index is 0.172. The van der Waals surface area contributed by atoms with Crippen LogP contribution in [-0.4, -0.2) is 32.2 Å². The molecule has 0 bridgehead atoms. The van der Waals surface area contributed by atoms with Crippen LogP contribution in [0.4, 0.5) is 8.78 Å². The molecule has 5 aromatic rings. The van der Waals surface area contributed by atoms with E-state index in [0.717, 1.165) is 23.3 Å². The zero-order valence-corrected chi connectivity index (χ0v) is 19.5. The van der Waals surface area contributed by atoms with Crippen molar-refractivity contribution in [2.45, 2.75) is 13.2 Å². The molecule has 0 radical (unpaired) electrons. The van der Waals surface area contributed by atoms with Crippen LogP contribution in [0.1, 0.15) is 11.1 Å². The Morgan fingerprint density at radius 2 is 1.65 bits per heavy atom. The molecule has 0 fully saturated rings. The molecule has 0 amide bonds. The highest BCUT2D eigenvalue weighted by Gasteiger charge is 2.19. The number of rotatable bonds is 9. The Kier molecular flexibility index (Phi) is 6.76. The number of ether oxygens (including phenoxy) is 2. The third-order valence-corrected chi connectivity index (χ3v) is 5.65. The molecule has 2 aromatic heterocycles. The van der Waals surface area contributed by atoms with E-state index in [4.69, 9.17) is 14.6 Å². The summed E-state index contributed by atoms with van der Waals surface area (Å²) in [6.07, 6.45) is 1.59. The quantitative estimate of drug-likeness (QED) is 0.288. The van der Waals surface area contributed by atoms with E-state index in [0.29, 0.717) is 40.6 Å². The second kappa shape index (κ2) is 10.4. The molecule has 0 aliphatic rings. The molecule has 0 saturated heterocycles. The van der Waals surface area contributed by atoms with Gasteiger partial charge in [0.05, 0.1) is 16.6 Å². The number of carboxylic acids is 1. The zero-order valence-electron chi connectivity index (χ0n) is 19.5. The normalized spacial score (nSPS) is 11.0. The number of imidazole rings is 1. The van der Waals surface area contributed by atoms with Crippen LogP contribution in [0, 0.1) is 11.6 Å². The molecule has 2 heterocycles. The van der Waals surface area contributed by atoms with Crippen LogP contribution in [0.15, 0.2) is 85.1 Å². The molecule has 0 aliphatic heterocycles. The number of hydrogen-bond donors (Lipinski definition) is 1. The SMILES string of the molecule is O=C(O)COc1ccc(COc2ncccc2-c2nc3cc(F)c(F)cc3n2Cc2ccccc2)cc1. The van der Waals surface area contributed by atoms with Gasteiger partial charge in [0.25, 0.3) is 0 Å². The maximum atomic E-state index is 14.2. The number of pyridine rings is 1. The number of nitrogens with zero attached hydrogens (tertiary/aromatic N) is 3. The first-order valence-electron chi connectivity index (χ1n) is 11.4. The smallest absolute Gasteiger partial charge is 0.341 e. The first kappa shape index (κ1) is 23.9. The molecule has 5 rings (SSSR count). The van der Waals surface area contributed by atoms with Gasteiger partial charge in [-0.25, -0.2) is 23.5 Å². The van der Waals surface area contributed by atoms with E-state index >= 15 is 0 Å². The lowest BCUT2D eigenvalue weighted by Crippen LogP contribution is -2.09. The van der Waals surface area contributed by atoms with Crippen LogP contribution in [-0.2, 0) is 17.9 Å². The van der Waals surface area contributed by atoms with Crippen molar-refractivity contribution in [1.29, 1.82) is 0 Å². The van der Waals surface area contributed by atoms with Gasteiger partial charge in [-0.2, -0.15) is 0 Å². The summed E-state index contributed by atoms with van der Waals surface area (Å²) in [6.45, 7) is 0.125. The minimum Gasteiger partial charge on any atom is -0.482 e. The summed E-state index contributed by atoms with van der Waals surface area (Å²) in [5, 5.41) is 8.74. The van der Waals surface area contributed by atoms with Crippen molar-refractivity contribution < 1.29 is 28.2 Å². The van der Waals surface area contributed by atoms with Crippen LogP contribution >= 0.6 is 0 Å². The van der Waals surface area contributed by atoms with Crippen LogP contribution in [0.3, 0.4) is 0 Å². The van der Waals surface area contributed by atoms with Crippen molar-refractivity contribution in [2.24, 2.45) is 0 Å². The number of carbonyl (C=O) groups is 1. The van der Waals surface area contributed by atoms with Crippen molar-refractivity contribution in [3.63, 3.8) is 0 Å².